The van der Waals surface area contributed by atoms with Gasteiger partial charge >= 0.3 is 0 Å². The van der Waals surface area contributed by atoms with Crippen LogP contribution in [0.4, 0.5) is 0 Å². The van der Waals surface area contributed by atoms with E-state index in [-0.39, 0.29) is 0 Å². The van der Waals surface area contributed by atoms with E-state index >= 15 is 0 Å². The molecule has 0 bridgehead atoms. The third kappa shape index (κ3) is 10500. The first kappa shape index (κ1) is 83.1. The molecule has 0 radical (unpaired) electrons. The van der Waals surface area contributed by atoms with Crippen molar-refractivity contribution in [1.29, 1.82) is 0 Å². The molecule has 0 aromatic heterocycles. The van der Waals surface area contributed by atoms with Gasteiger partial charge in [-0.05, 0) is 0 Å². The first-order valence-electron chi connectivity index (χ1n) is 9.50. The summed E-state index contributed by atoms with van der Waals surface area (Å²) >= 11 is 0. The molecular weight excluding hydrogens is 264 g/mol. The van der Waals surface area contributed by atoms with Crippen molar-refractivity contribution in [2.24, 2.45) is 0 Å². The number of hydrogen-bond donors (Lipinski definition) is 0. The summed E-state index contributed by atoms with van der Waals surface area (Å²) < 4.78 is 0. The second-order valence-electron chi connectivity index (χ2n) is 0. The van der Waals surface area contributed by atoms with E-state index in [0.717, 1.165) is 0 Å². The molecule has 0 aliphatic carbocycles. The minimum atomic E-state index is 2.00. The van der Waals surface area contributed by atoms with E-state index in [9.17, 15) is 0 Å². The summed E-state index contributed by atoms with van der Waals surface area (Å²) in [6.07, 6.45) is 0. The molecule has 0 aromatic rings. The van der Waals surface area contributed by atoms with Gasteiger partial charge in [0, 0.05) is 0 Å². The van der Waals surface area contributed by atoms with Crippen LogP contribution in [-0.2, 0) is 0 Å². The Kier molecular flexibility index (Phi) is 46400. The molecule has 0 aromatic carbocycles. The Bertz CT molecular complexity index is 4.75. The minimum Gasteiger partial charge on any atom is -0.106 e. The maximum absolute atomic E-state index is 3.00. The lowest BCUT2D eigenvalue weighted by Gasteiger charge is -1.07. The molecule has 0 aliphatic rings. The predicted molar refractivity (Wildman–Crippen MR) is 125 cm³/mol. The van der Waals surface area contributed by atoms with Crippen LogP contribution >= 0.6 is 0 Å². The summed E-state index contributed by atoms with van der Waals surface area (Å²) in [5, 5.41) is 0. The normalized spacial score (nSPS) is 2.73. The Hall–Kier alpha value is -0.780. The zero-order chi connectivity index (χ0) is 22.0. The lowest BCUT2D eigenvalue weighted by atomic mass is 11.0. The van der Waals surface area contributed by atoms with Gasteiger partial charge in [0.1, 0.15) is 0 Å². The van der Waals surface area contributed by atoms with Gasteiger partial charge in [0.2, 0.25) is 0 Å². The lowest BCUT2D eigenvalue weighted by Crippen LogP contribution is -0.856. The molecule has 0 aliphatic heterocycles. The molecule has 0 saturated carbocycles. The highest BCUT2D eigenvalue weighted by Gasteiger charge is 0.946. The molecule has 0 nitrogen and oxygen atoms in total. The SMILES string of the molecule is C=C.C=C.C=C.CC.CC.CC.CC.CC.CC.CC.CC. The first-order valence-corrected chi connectivity index (χ1v) is 9.50. The second kappa shape index (κ2) is 12300. The Morgan fingerprint density at radius 1 is 0.182 bits per heavy atom. The Morgan fingerprint density at radius 3 is 0.182 bits per heavy atom. The molecule has 0 atom stereocenters. The molecule has 0 fully saturated rings. The molecule has 148 valence electrons. The quantitative estimate of drug-likeness (QED) is 0.388. The predicted octanol–water partition coefficient (Wildman–Crippen LogP) is 10.6. The fraction of sp³-hybridized carbons (Fsp3) is 0.727. The van der Waals surface area contributed by atoms with Gasteiger partial charge in [0.15, 0.2) is 0 Å². The first-order chi connectivity index (χ1) is 11.0. The van der Waals surface area contributed by atoms with Crippen LogP contribution in [-0.4, -0.2) is 0 Å². The van der Waals surface area contributed by atoms with Crippen LogP contribution in [0, 0.1) is 0 Å². The van der Waals surface area contributed by atoms with Crippen LogP contribution in [0.5, 0.6) is 0 Å². The van der Waals surface area contributed by atoms with Gasteiger partial charge < -0.3 is 0 Å². The van der Waals surface area contributed by atoms with Crippen molar-refractivity contribution in [1.82, 2.24) is 0 Å². The summed E-state index contributed by atoms with van der Waals surface area (Å²) in [5.74, 6) is 0. The van der Waals surface area contributed by atoms with E-state index in [2.05, 4.69) is 39.5 Å². The fourth-order valence-corrected chi connectivity index (χ4v) is 0. The van der Waals surface area contributed by atoms with Crippen molar-refractivity contribution >= 4 is 0 Å². The Labute approximate surface area is 150 Å². The van der Waals surface area contributed by atoms with Crippen LogP contribution in [0.2, 0.25) is 0 Å². The fourth-order valence-electron chi connectivity index (χ4n) is 0. The molecule has 0 N–H and O–H groups in total. The summed E-state index contributed by atoms with van der Waals surface area (Å²) in [6.45, 7) is 50.0. The van der Waals surface area contributed by atoms with E-state index in [4.69, 9.17) is 0 Å². The molecule has 0 saturated heterocycles. The second-order valence-corrected chi connectivity index (χ2v) is 0. The van der Waals surface area contributed by atoms with Gasteiger partial charge in [-0.1, -0.05) is 111 Å². The van der Waals surface area contributed by atoms with Crippen molar-refractivity contribution in [2.75, 3.05) is 0 Å². The average Bonchev–Trinajstić information content (AvgIpc) is 2.78. The maximum atomic E-state index is 3.00. The average molecular weight is 325 g/mol. The van der Waals surface area contributed by atoms with Crippen LogP contribution in [0.15, 0.2) is 39.5 Å². The van der Waals surface area contributed by atoms with Crippen LogP contribution in [0.1, 0.15) is 111 Å². The third-order valence-electron chi connectivity index (χ3n) is 0. The van der Waals surface area contributed by atoms with Gasteiger partial charge in [-0.2, -0.15) is 0 Å². The van der Waals surface area contributed by atoms with Crippen molar-refractivity contribution in [2.45, 2.75) is 111 Å². The van der Waals surface area contributed by atoms with Crippen LogP contribution in [0.25, 0.3) is 0 Å². The van der Waals surface area contributed by atoms with Gasteiger partial charge in [0.05, 0.1) is 0 Å². The zero-order valence-corrected chi connectivity index (χ0v) is 20.2. The molecule has 22 heavy (non-hydrogen) atoms. The van der Waals surface area contributed by atoms with Crippen molar-refractivity contribution in [3.8, 4) is 0 Å². The van der Waals surface area contributed by atoms with E-state index in [1.54, 1.807) is 0 Å². The largest absolute Gasteiger partial charge is 0.106 e. The Morgan fingerprint density at radius 2 is 0.182 bits per heavy atom. The molecule has 0 spiro atoms. The van der Waals surface area contributed by atoms with Crippen molar-refractivity contribution in [3.05, 3.63) is 39.5 Å². The van der Waals surface area contributed by atoms with Crippen molar-refractivity contribution in [3.63, 3.8) is 0 Å². The molecule has 0 heterocycles. The molecule has 0 rings (SSSR count). The summed E-state index contributed by atoms with van der Waals surface area (Å²) in [6, 6.07) is 0. The monoisotopic (exact) mass is 324 g/mol. The molecular formula is C22H60. The summed E-state index contributed by atoms with van der Waals surface area (Å²) in [7, 11) is 0. The van der Waals surface area contributed by atoms with Crippen LogP contribution < -0.4 is 0 Å². The third-order valence-corrected chi connectivity index (χ3v) is 0. The smallest absolute Gasteiger partial charge is 0.0683 e. The van der Waals surface area contributed by atoms with Crippen molar-refractivity contribution < 1.29 is 0 Å². The maximum Gasteiger partial charge on any atom is -0.0683 e. The summed E-state index contributed by atoms with van der Waals surface area (Å²) in [4.78, 5) is 0. The van der Waals surface area contributed by atoms with E-state index in [0.29, 0.717) is 0 Å². The highest BCUT2D eigenvalue weighted by atomic mass is 13.0. The van der Waals surface area contributed by atoms with E-state index in [1.807, 2.05) is 111 Å². The molecule has 0 heteroatoms. The standard InChI is InChI=1S/8C2H6.3C2H4/c11*1-2/h8*1-2H3;3*1-2H2. The molecule has 0 amide bonds. The number of hydrogen-bond acceptors (Lipinski definition) is 0. The van der Waals surface area contributed by atoms with Gasteiger partial charge in [-0.3, -0.25) is 0 Å². The summed E-state index contributed by atoms with van der Waals surface area (Å²) in [5.41, 5.74) is 0. The zero-order valence-electron chi connectivity index (χ0n) is 20.2. The number of rotatable bonds is 0. The van der Waals surface area contributed by atoms with Gasteiger partial charge in [-0.15, -0.1) is 39.5 Å². The van der Waals surface area contributed by atoms with E-state index in [1.165, 1.54) is 0 Å². The van der Waals surface area contributed by atoms with Crippen LogP contribution in [0.3, 0.4) is 0 Å². The minimum absolute atomic E-state index is 2.00. The highest BCUT2D eigenvalue weighted by molar-refractivity contribution is 4.22. The Balaban J connectivity index is -0.00000000672. The molecule has 0 unspecified atom stereocenters. The highest BCUT2D eigenvalue weighted by Crippen LogP contribution is 1.16. The van der Waals surface area contributed by atoms with Gasteiger partial charge in [0.25, 0.3) is 0 Å². The lowest BCUT2D eigenvalue weighted by molar-refractivity contribution is 1.50. The topological polar surface area (TPSA) is 0 Å². The van der Waals surface area contributed by atoms with Gasteiger partial charge in [-0.25, -0.2) is 0 Å². The van der Waals surface area contributed by atoms with E-state index < -0.39 is 0 Å².